The average molecular weight is 321 g/mol. The van der Waals surface area contributed by atoms with Gasteiger partial charge < -0.3 is 4.74 Å². The zero-order valence-electron chi connectivity index (χ0n) is 11.6. The highest BCUT2D eigenvalue weighted by Crippen LogP contribution is 2.31. The van der Waals surface area contributed by atoms with E-state index < -0.39 is 16.7 Å². The number of nitrogens with zero attached hydrogens (tertiary/aromatic N) is 1. The van der Waals surface area contributed by atoms with Gasteiger partial charge in [-0.15, -0.1) is 0 Å². The first kappa shape index (κ1) is 16.0. The van der Waals surface area contributed by atoms with Gasteiger partial charge in [-0.3, -0.25) is 10.1 Å². The van der Waals surface area contributed by atoms with Crippen molar-refractivity contribution in [2.24, 2.45) is 0 Å². The highest BCUT2D eigenvalue weighted by Gasteiger charge is 2.12. The van der Waals surface area contributed by atoms with Crippen molar-refractivity contribution in [2.45, 2.75) is 16.7 Å². The molecule has 2 aromatic rings. The quantitative estimate of drug-likeness (QED) is 0.472. The Balaban J connectivity index is 2.16. The van der Waals surface area contributed by atoms with Crippen LogP contribution in [0.1, 0.15) is 17.3 Å². The Morgan fingerprint density at radius 3 is 2.50 bits per heavy atom. The van der Waals surface area contributed by atoms with E-state index >= 15 is 0 Å². The van der Waals surface area contributed by atoms with Crippen molar-refractivity contribution in [2.75, 3.05) is 6.61 Å². The number of non-ortho nitro benzene ring substituents is 1. The fourth-order valence-electron chi connectivity index (χ4n) is 1.69. The van der Waals surface area contributed by atoms with Gasteiger partial charge in [0.15, 0.2) is 0 Å². The summed E-state index contributed by atoms with van der Waals surface area (Å²) in [5.74, 6) is -1.12. The van der Waals surface area contributed by atoms with Crippen LogP contribution in [-0.2, 0) is 4.74 Å². The molecule has 0 aliphatic heterocycles. The molecule has 0 radical (unpaired) electrons. The Morgan fingerprint density at radius 2 is 1.95 bits per heavy atom. The van der Waals surface area contributed by atoms with E-state index in [9.17, 15) is 19.3 Å². The summed E-state index contributed by atoms with van der Waals surface area (Å²) in [7, 11) is 0. The minimum Gasteiger partial charge on any atom is -0.462 e. The topological polar surface area (TPSA) is 69.4 Å². The van der Waals surface area contributed by atoms with Gasteiger partial charge in [-0.25, -0.2) is 9.18 Å². The van der Waals surface area contributed by atoms with Crippen molar-refractivity contribution in [1.29, 1.82) is 0 Å². The van der Waals surface area contributed by atoms with Gasteiger partial charge in [0.1, 0.15) is 5.82 Å². The number of hydrogen-bond donors (Lipinski definition) is 0. The maximum atomic E-state index is 14.0. The van der Waals surface area contributed by atoms with Crippen molar-refractivity contribution in [3.05, 3.63) is 64.0 Å². The number of halogens is 1. The molecule has 0 N–H and O–H groups in total. The Bertz CT molecular complexity index is 703. The molecule has 22 heavy (non-hydrogen) atoms. The largest absolute Gasteiger partial charge is 0.462 e. The van der Waals surface area contributed by atoms with Gasteiger partial charge in [0.25, 0.3) is 5.69 Å². The smallest absolute Gasteiger partial charge is 0.338 e. The predicted molar refractivity (Wildman–Crippen MR) is 79.6 cm³/mol. The molecule has 0 aromatic heterocycles. The summed E-state index contributed by atoms with van der Waals surface area (Å²) in [6.45, 7) is 1.90. The second kappa shape index (κ2) is 7.04. The summed E-state index contributed by atoms with van der Waals surface area (Å²) >= 11 is 1.12. The molecule has 0 saturated carbocycles. The van der Waals surface area contributed by atoms with Crippen molar-refractivity contribution >= 4 is 23.4 Å². The van der Waals surface area contributed by atoms with E-state index in [-0.39, 0.29) is 17.9 Å². The third-order valence-corrected chi connectivity index (χ3v) is 3.78. The Kier molecular flexibility index (Phi) is 5.11. The van der Waals surface area contributed by atoms with Crippen molar-refractivity contribution < 1.29 is 18.8 Å². The summed E-state index contributed by atoms with van der Waals surface area (Å²) in [6, 6.07) is 9.87. The molecule has 0 heterocycles. The zero-order chi connectivity index (χ0) is 16.1. The van der Waals surface area contributed by atoms with Gasteiger partial charge in [-0.05, 0) is 37.3 Å². The van der Waals surface area contributed by atoms with E-state index in [0.717, 1.165) is 17.8 Å². The molecule has 0 spiro atoms. The molecule has 0 fully saturated rings. The van der Waals surface area contributed by atoms with Crippen LogP contribution in [0.5, 0.6) is 0 Å². The first-order chi connectivity index (χ1) is 10.5. The van der Waals surface area contributed by atoms with Gasteiger partial charge >= 0.3 is 5.97 Å². The maximum absolute atomic E-state index is 14.0. The SMILES string of the molecule is CCOC(=O)c1ccc(Sc2ccc([N+](=O)[O-])cc2)c(F)c1. The molecule has 7 heteroatoms. The van der Waals surface area contributed by atoms with Gasteiger partial charge in [-0.1, -0.05) is 11.8 Å². The van der Waals surface area contributed by atoms with Gasteiger partial charge in [0, 0.05) is 21.9 Å². The number of rotatable bonds is 5. The van der Waals surface area contributed by atoms with Gasteiger partial charge in [0.05, 0.1) is 17.1 Å². The molecular formula is C15H12FNO4S. The number of carbonyl (C=O) groups excluding carboxylic acids is 1. The number of nitro benzene ring substituents is 1. The number of nitro groups is 1. The van der Waals surface area contributed by atoms with Crippen LogP contribution in [0.25, 0.3) is 0 Å². The minimum absolute atomic E-state index is 0.0255. The molecule has 5 nitrogen and oxygen atoms in total. The zero-order valence-corrected chi connectivity index (χ0v) is 12.4. The molecule has 2 rings (SSSR count). The molecule has 0 saturated heterocycles. The lowest BCUT2D eigenvalue weighted by molar-refractivity contribution is -0.384. The second-order valence-corrected chi connectivity index (χ2v) is 5.33. The number of esters is 1. The van der Waals surface area contributed by atoms with Gasteiger partial charge in [-0.2, -0.15) is 0 Å². The van der Waals surface area contributed by atoms with Crippen LogP contribution >= 0.6 is 11.8 Å². The lowest BCUT2D eigenvalue weighted by atomic mass is 10.2. The number of hydrogen-bond acceptors (Lipinski definition) is 5. The van der Waals surface area contributed by atoms with E-state index in [1.54, 1.807) is 19.1 Å². The van der Waals surface area contributed by atoms with Crippen LogP contribution in [0.3, 0.4) is 0 Å². The molecule has 0 atom stereocenters. The monoisotopic (exact) mass is 321 g/mol. The molecular weight excluding hydrogens is 309 g/mol. The Labute approximate surface area is 130 Å². The molecule has 0 aliphatic carbocycles. The molecule has 114 valence electrons. The fraction of sp³-hybridized carbons (Fsp3) is 0.133. The summed E-state index contributed by atoms with van der Waals surface area (Å²) in [5, 5.41) is 10.6. The Hall–Kier alpha value is -2.41. The maximum Gasteiger partial charge on any atom is 0.338 e. The van der Waals surface area contributed by atoms with E-state index in [0.29, 0.717) is 9.79 Å². The van der Waals surface area contributed by atoms with Crippen LogP contribution in [0.2, 0.25) is 0 Å². The summed E-state index contributed by atoms with van der Waals surface area (Å²) in [4.78, 5) is 22.6. The van der Waals surface area contributed by atoms with Gasteiger partial charge in [0.2, 0.25) is 0 Å². The summed E-state index contributed by atoms with van der Waals surface area (Å²) in [5.41, 5.74) is 0.120. The highest BCUT2D eigenvalue weighted by atomic mass is 32.2. The number of carbonyl (C=O) groups is 1. The van der Waals surface area contributed by atoms with Crippen molar-refractivity contribution in [3.63, 3.8) is 0 Å². The predicted octanol–water partition coefficient (Wildman–Crippen LogP) is 4.06. The first-order valence-corrected chi connectivity index (χ1v) is 7.22. The Morgan fingerprint density at radius 1 is 1.27 bits per heavy atom. The third kappa shape index (κ3) is 3.82. The van der Waals surface area contributed by atoms with E-state index in [1.165, 1.54) is 24.3 Å². The summed E-state index contributed by atoms with van der Waals surface area (Å²) < 4.78 is 18.8. The molecule has 2 aromatic carbocycles. The minimum atomic E-state index is -0.576. The first-order valence-electron chi connectivity index (χ1n) is 6.40. The van der Waals surface area contributed by atoms with Crippen molar-refractivity contribution in [3.8, 4) is 0 Å². The third-order valence-electron chi connectivity index (χ3n) is 2.72. The highest BCUT2D eigenvalue weighted by molar-refractivity contribution is 7.99. The van der Waals surface area contributed by atoms with Crippen LogP contribution < -0.4 is 0 Å². The lowest BCUT2D eigenvalue weighted by Crippen LogP contribution is -2.05. The van der Waals surface area contributed by atoms with Crippen LogP contribution in [0, 0.1) is 15.9 Å². The van der Waals surface area contributed by atoms with Crippen LogP contribution in [0.15, 0.2) is 52.3 Å². The molecule has 0 unspecified atom stereocenters. The van der Waals surface area contributed by atoms with E-state index in [4.69, 9.17) is 4.74 Å². The van der Waals surface area contributed by atoms with Crippen LogP contribution in [-0.4, -0.2) is 17.5 Å². The second-order valence-electron chi connectivity index (χ2n) is 4.22. The van der Waals surface area contributed by atoms with E-state index in [2.05, 4.69) is 0 Å². The fourth-order valence-corrected chi connectivity index (χ4v) is 2.51. The van der Waals surface area contributed by atoms with E-state index in [1.807, 2.05) is 0 Å². The normalized spacial score (nSPS) is 10.3. The molecule has 0 aliphatic rings. The van der Waals surface area contributed by atoms with Crippen molar-refractivity contribution in [1.82, 2.24) is 0 Å². The number of benzene rings is 2. The molecule has 0 amide bonds. The molecule has 0 bridgehead atoms. The van der Waals surface area contributed by atoms with Crippen LogP contribution in [0.4, 0.5) is 10.1 Å². The average Bonchev–Trinajstić information content (AvgIpc) is 2.50. The lowest BCUT2D eigenvalue weighted by Gasteiger charge is -2.06. The number of ether oxygens (including phenoxy) is 1. The standard InChI is InChI=1S/C15H12FNO4S/c1-2-21-15(18)10-3-8-14(13(16)9-10)22-12-6-4-11(5-7-12)17(19)20/h3-9H,2H2,1H3. The summed E-state index contributed by atoms with van der Waals surface area (Å²) in [6.07, 6.45) is 0.